The third-order valence-electron chi connectivity index (χ3n) is 4.51. The number of ether oxygens (including phenoxy) is 1. The number of nitro benzene ring substituents is 1. The molecule has 1 aliphatic heterocycles. The zero-order chi connectivity index (χ0) is 19.6. The molecule has 1 N–H and O–H groups in total. The number of aromatic nitrogens is 2. The summed E-state index contributed by atoms with van der Waals surface area (Å²) in [4.78, 5) is 36.0. The summed E-state index contributed by atoms with van der Waals surface area (Å²) in [5.74, 6) is -1.43. The van der Waals surface area contributed by atoms with Crippen LogP contribution in [0, 0.1) is 10.1 Å². The van der Waals surface area contributed by atoms with Crippen molar-refractivity contribution < 1.29 is 24.4 Å². The fourth-order valence-electron chi connectivity index (χ4n) is 3.22. The number of rotatable bonds is 6. The largest absolute Gasteiger partial charge is 0.481 e. The average Bonchev–Trinajstić information content (AvgIpc) is 3.28. The average molecular weight is 374 g/mol. The van der Waals surface area contributed by atoms with E-state index in [9.17, 15) is 19.7 Å². The fraction of sp³-hybridized carbons (Fsp3) is 0.353. The van der Waals surface area contributed by atoms with E-state index in [-0.39, 0.29) is 36.1 Å². The Morgan fingerprint density at radius 2 is 2.11 bits per heavy atom. The van der Waals surface area contributed by atoms with Gasteiger partial charge in [-0.15, -0.1) is 0 Å². The van der Waals surface area contributed by atoms with Gasteiger partial charge in [-0.2, -0.15) is 5.10 Å². The summed E-state index contributed by atoms with van der Waals surface area (Å²) in [7, 11) is 1.51. The summed E-state index contributed by atoms with van der Waals surface area (Å²) >= 11 is 0. The highest BCUT2D eigenvalue weighted by atomic mass is 16.6. The molecule has 142 valence electrons. The molecule has 0 radical (unpaired) electrons. The first kappa shape index (κ1) is 18.5. The molecule has 10 heteroatoms. The SMILES string of the molecule is COC1CC(CC(=O)O)N(C(=O)c2ccn(-c3ccccc3[N+](=O)[O-])n2)C1. The Morgan fingerprint density at radius 1 is 1.37 bits per heavy atom. The summed E-state index contributed by atoms with van der Waals surface area (Å²) < 4.78 is 6.53. The molecule has 2 heterocycles. The molecule has 1 aliphatic rings. The second-order valence-electron chi connectivity index (χ2n) is 6.19. The Morgan fingerprint density at radius 3 is 2.78 bits per heavy atom. The van der Waals surface area contributed by atoms with Gasteiger partial charge in [0.15, 0.2) is 5.69 Å². The van der Waals surface area contributed by atoms with Crippen molar-refractivity contribution >= 4 is 17.6 Å². The first-order chi connectivity index (χ1) is 12.9. The fourth-order valence-corrected chi connectivity index (χ4v) is 3.22. The summed E-state index contributed by atoms with van der Waals surface area (Å²) in [6.07, 6.45) is 1.47. The standard InChI is InChI=1S/C17H18N4O6/c1-27-12-8-11(9-16(22)23)19(10-12)17(24)13-6-7-20(18-13)14-4-2-3-5-15(14)21(25)26/h2-7,11-12H,8-10H2,1H3,(H,22,23). The summed E-state index contributed by atoms with van der Waals surface area (Å²) in [6, 6.07) is 7.03. The van der Waals surface area contributed by atoms with E-state index < -0.39 is 22.8 Å². The molecule has 0 aliphatic carbocycles. The number of methoxy groups -OCH3 is 1. The lowest BCUT2D eigenvalue weighted by Crippen LogP contribution is -2.37. The van der Waals surface area contributed by atoms with E-state index in [0.29, 0.717) is 6.42 Å². The number of hydrogen-bond acceptors (Lipinski definition) is 6. The third kappa shape index (κ3) is 3.80. The van der Waals surface area contributed by atoms with Gasteiger partial charge in [0.1, 0.15) is 5.69 Å². The van der Waals surface area contributed by atoms with Crippen molar-refractivity contribution in [3.8, 4) is 5.69 Å². The maximum atomic E-state index is 12.8. The Bertz CT molecular complexity index is 880. The van der Waals surface area contributed by atoms with Crippen LogP contribution in [0.1, 0.15) is 23.3 Å². The predicted molar refractivity (Wildman–Crippen MR) is 92.7 cm³/mol. The summed E-state index contributed by atoms with van der Waals surface area (Å²) in [5.41, 5.74) is 0.184. The minimum Gasteiger partial charge on any atom is -0.481 e. The van der Waals surface area contributed by atoms with Crippen LogP contribution in [0.15, 0.2) is 36.5 Å². The maximum Gasteiger partial charge on any atom is 0.305 e. The van der Waals surface area contributed by atoms with Crippen molar-refractivity contribution in [2.24, 2.45) is 0 Å². The van der Waals surface area contributed by atoms with Crippen molar-refractivity contribution in [2.75, 3.05) is 13.7 Å². The van der Waals surface area contributed by atoms with Crippen LogP contribution in [0.2, 0.25) is 0 Å². The van der Waals surface area contributed by atoms with Crippen LogP contribution in [-0.4, -0.2) is 62.4 Å². The first-order valence-corrected chi connectivity index (χ1v) is 8.25. The third-order valence-corrected chi connectivity index (χ3v) is 4.51. The Labute approximate surface area is 154 Å². The molecule has 0 bridgehead atoms. The molecular weight excluding hydrogens is 356 g/mol. The number of carboxylic acid groups (broad SMARTS) is 1. The minimum absolute atomic E-state index is 0.0836. The molecule has 1 aromatic carbocycles. The van der Waals surface area contributed by atoms with E-state index in [1.165, 1.54) is 41.1 Å². The maximum absolute atomic E-state index is 12.8. The molecule has 0 spiro atoms. The Balaban J connectivity index is 1.86. The van der Waals surface area contributed by atoms with Gasteiger partial charge in [0.05, 0.1) is 17.4 Å². The molecule has 1 aromatic heterocycles. The lowest BCUT2D eigenvalue weighted by molar-refractivity contribution is -0.384. The van der Waals surface area contributed by atoms with E-state index in [2.05, 4.69) is 5.10 Å². The molecule has 1 saturated heterocycles. The molecule has 27 heavy (non-hydrogen) atoms. The number of likely N-dealkylation sites (tertiary alicyclic amines) is 1. The van der Waals surface area contributed by atoms with Gasteiger partial charge in [0.2, 0.25) is 0 Å². The minimum atomic E-state index is -1.00. The zero-order valence-electron chi connectivity index (χ0n) is 14.5. The number of carbonyl (C=O) groups is 2. The number of para-hydroxylation sites is 2. The quantitative estimate of drug-likeness (QED) is 0.599. The monoisotopic (exact) mass is 374 g/mol. The number of benzene rings is 1. The van der Waals surface area contributed by atoms with Gasteiger partial charge >= 0.3 is 5.97 Å². The molecule has 1 amide bonds. The van der Waals surface area contributed by atoms with Crippen molar-refractivity contribution in [1.82, 2.24) is 14.7 Å². The molecule has 1 fully saturated rings. The number of amides is 1. The number of nitro groups is 1. The molecule has 0 saturated carbocycles. The van der Waals surface area contributed by atoms with Crippen LogP contribution in [0.4, 0.5) is 5.69 Å². The number of carbonyl (C=O) groups excluding carboxylic acids is 1. The molecule has 3 rings (SSSR count). The second-order valence-corrected chi connectivity index (χ2v) is 6.19. The van der Waals surface area contributed by atoms with Crippen LogP contribution in [0.3, 0.4) is 0 Å². The van der Waals surface area contributed by atoms with Gasteiger partial charge in [0, 0.05) is 32.0 Å². The molecule has 2 aromatic rings. The van der Waals surface area contributed by atoms with E-state index >= 15 is 0 Å². The second kappa shape index (κ2) is 7.54. The number of nitrogens with zero attached hydrogens (tertiary/aromatic N) is 4. The van der Waals surface area contributed by atoms with Crippen LogP contribution in [-0.2, 0) is 9.53 Å². The van der Waals surface area contributed by atoms with Crippen molar-refractivity contribution in [2.45, 2.75) is 25.0 Å². The van der Waals surface area contributed by atoms with E-state index in [1.54, 1.807) is 12.1 Å². The van der Waals surface area contributed by atoms with Crippen molar-refractivity contribution in [1.29, 1.82) is 0 Å². The van der Waals surface area contributed by atoms with Gasteiger partial charge in [-0.25, -0.2) is 4.68 Å². The van der Waals surface area contributed by atoms with Crippen LogP contribution in [0.25, 0.3) is 5.69 Å². The number of carboxylic acids is 1. The lowest BCUT2D eigenvalue weighted by atomic mass is 10.1. The normalized spacial score (nSPS) is 19.2. The van der Waals surface area contributed by atoms with Crippen molar-refractivity contribution in [3.05, 3.63) is 52.3 Å². The Hall–Kier alpha value is -3.27. The highest BCUT2D eigenvalue weighted by Crippen LogP contribution is 2.26. The predicted octanol–water partition coefficient (Wildman–Crippen LogP) is 1.48. The van der Waals surface area contributed by atoms with Gasteiger partial charge in [-0.3, -0.25) is 19.7 Å². The lowest BCUT2D eigenvalue weighted by Gasteiger charge is -2.22. The van der Waals surface area contributed by atoms with E-state index in [1.807, 2.05) is 0 Å². The highest BCUT2D eigenvalue weighted by molar-refractivity contribution is 5.93. The van der Waals surface area contributed by atoms with Crippen LogP contribution in [0.5, 0.6) is 0 Å². The molecule has 2 atom stereocenters. The van der Waals surface area contributed by atoms with E-state index in [0.717, 1.165) is 0 Å². The number of hydrogen-bond donors (Lipinski definition) is 1. The Kier molecular flexibility index (Phi) is 5.17. The van der Waals surface area contributed by atoms with E-state index in [4.69, 9.17) is 9.84 Å². The van der Waals surface area contributed by atoms with Gasteiger partial charge in [0.25, 0.3) is 11.6 Å². The molecule has 10 nitrogen and oxygen atoms in total. The van der Waals surface area contributed by atoms with Gasteiger partial charge in [-0.05, 0) is 18.6 Å². The zero-order valence-corrected chi connectivity index (χ0v) is 14.5. The summed E-state index contributed by atoms with van der Waals surface area (Å²) in [5, 5.41) is 24.4. The van der Waals surface area contributed by atoms with Gasteiger partial charge < -0.3 is 14.7 Å². The molecule has 2 unspecified atom stereocenters. The topological polar surface area (TPSA) is 128 Å². The summed E-state index contributed by atoms with van der Waals surface area (Å²) in [6.45, 7) is 0.269. The molecular formula is C17H18N4O6. The number of aliphatic carboxylic acids is 1. The first-order valence-electron chi connectivity index (χ1n) is 8.25. The van der Waals surface area contributed by atoms with Gasteiger partial charge in [-0.1, -0.05) is 12.1 Å². The van der Waals surface area contributed by atoms with Crippen LogP contribution < -0.4 is 0 Å². The van der Waals surface area contributed by atoms with Crippen LogP contribution >= 0.6 is 0 Å². The highest BCUT2D eigenvalue weighted by Gasteiger charge is 2.37. The van der Waals surface area contributed by atoms with Crippen molar-refractivity contribution in [3.63, 3.8) is 0 Å². The smallest absolute Gasteiger partial charge is 0.305 e.